The van der Waals surface area contributed by atoms with Gasteiger partial charge in [0.05, 0.1) is 11.3 Å². The molecule has 2 N–H and O–H groups in total. The summed E-state index contributed by atoms with van der Waals surface area (Å²) in [5.74, 6) is -1.48. The van der Waals surface area contributed by atoms with Crippen molar-refractivity contribution in [2.24, 2.45) is 5.73 Å². The van der Waals surface area contributed by atoms with Crippen molar-refractivity contribution in [2.75, 3.05) is 0 Å². The second kappa shape index (κ2) is 3.86. The van der Waals surface area contributed by atoms with Gasteiger partial charge in [0.1, 0.15) is 0 Å². The van der Waals surface area contributed by atoms with Crippen molar-refractivity contribution < 1.29 is 14.4 Å². The van der Waals surface area contributed by atoms with Crippen molar-refractivity contribution in [3.8, 4) is 0 Å². The highest BCUT2D eigenvalue weighted by molar-refractivity contribution is 7.08. The highest BCUT2D eigenvalue weighted by Crippen LogP contribution is 2.17. The molecule has 5 heteroatoms. The zero-order valence-corrected chi connectivity index (χ0v) is 8.91. The van der Waals surface area contributed by atoms with Crippen LogP contribution in [0.25, 0.3) is 0 Å². The minimum absolute atomic E-state index is 0.164. The lowest BCUT2D eigenvalue weighted by Gasteiger charge is -2.08. The number of ketones is 3. The maximum absolute atomic E-state index is 11.8. The zero-order chi connectivity index (χ0) is 11.7. The molecule has 80 valence electrons. The Labute approximate surface area is 95.1 Å². The van der Waals surface area contributed by atoms with Crippen LogP contribution in [0, 0.1) is 0 Å². The summed E-state index contributed by atoms with van der Waals surface area (Å²) in [5, 5.41) is 3.34. The van der Waals surface area contributed by atoms with Gasteiger partial charge in [-0.1, -0.05) is 0 Å². The maximum atomic E-state index is 11.8. The van der Waals surface area contributed by atoms with Crippen molar-refractivity contribution in [1.82, 2.24) is 0 Å². The number of carbonyl (C=O) groups excluding carboxylic acids is 3. The molecule has 0 bridgehead atoms. The Bertz CT molecular complexity index is 538. The standard InChI is InChI=1S/C11H7NO3S/c12-9-4-7(13)3-8(11(9)15)10(14)6-1-2-16-5-6/h1-5H,12H2. The van der Waals surface area contributed by atoms with Gasteiger partial charge < -0.3 is 5.73 Å². The van der Waals surface area contributed by atoms with Crippen molar-refractivity contribution >= 4 is 28.7 Å². The summed E-state index contributed by atoms with van der Waals surface area (Å²) < 4.78 is 0. The molecule has 1 aliphatic rings. The molecule has 0 aliphatic heterocycles. The minimum Gasteiger partial charge on any atom is -0.395 e. The Hall–Kier alpha value is -2.01. The number of Topliss-reactive ketones (excluding diaryl/α,β-unsaturated/α-hetero) is 2. The van der Waals surface area contributed by atoms with Crippen LogP contribution in [0.5, 0.6) is 0 Å². The average Bonchev–Trinajstić information content (AvgIpc) is 2.75. The molecule has 0 unspecified atom stereocenters. The van der Waals surface area contributed by atoms with Crippen LogP contribution in [0.2, 0.25) is 0 Å². The highest BCUT2D eigenvalue weighted by atomic mass is 32.1. The van der Waals surface area contributed by atoms with Crippen LogP contribution in [0.4, 0.5) is 0 Å². The summed E-state index contributed by atoms with van der Waals surface area (Å²) in [6, 6.07) is 1.60. The third-order valence-electron chi connectivity index (χ3n) is 2.12. The average molecular weight is 233 g/mol. The molecule has 4 nitrogen and oxygen atoms in total. The molecule has 0 saturated carbocycles. The van der Waals surface area contributed by atoms with E-state index in [0.717, 1.165) is 12.2 Å². The van der Waals surface area contributed by atoms with Gasteiger partial charge in [0, 0.05) is 23.1 Å². The van der Waals surface area contributed by atoms with Gasteiger partial charge in [-0.05, 0) is 11.4 Å². The monoisotopic (exact) mass is 233 g/mol. The third-order valence-corrected chi connectivity index (χ3v) is 2.80. The van der Waals surface area contributed by atoms with Gasteiger partial charge in [-0.15, -0.1) is 0 Å². The van der Waals surface area contributed by atoms with Crippen LogP contribution in [0.1, 0.15) is 10.4 Å². The molecule has 2 rings (SSSR count). The molecule has 1 aliphatic carbocycles. The van der Waals surface area contributed by atoms with Crippen molar-refractivity contribution in [2.45, 2.75) is 0 Å². The zero-order valence-electron chi connectivity index (χ0n) is 8.10. The summed E-state index contributed by atoms with van der Waals surface area (Å²) in [5.41, 5.74) is 5.39. The van der Waals surface area contributed by atoms with Crippen LogP contribution in [0.15, 0.2) is 40.2 Å². The summed E-state index contributed by atoms with van der Waals surface area (Å²) in [6.45, 7) is 0. The van der Waals surface area contributed by atoms with Gasteiger partial charge in [-0.3, -0.25) is 14.4 Å². The lowest BCUT2D eigenvalue weighted by molar-refractivity contribution is -0.115. The number of hydrogen-bond donors (Lipinski definition) is 1. The van der Waals surface area contributed by atoms with Crippen LogP contribution < -0.4 is 5.73 Å². The van der Waals surface area contributed by atoms with E-state index >= 15 is 0 Å². The molecule has 1 heterocycles. The van der Waals surface area contributed by atoms with E-state index in [1.54, 1.807) is 16.8 Å². The molecular formula is C11H7NO3S. The molecule has 0 amide bonds. The van der Waals surface area contributed by atoms with Crippen LogP contribution in [0.3, 0.4) is 0 Å². The summed E-state index contributed by atoms with van der Waals surface area (Å²) in [6.07, 6.45) is 2.05. The van der Waals surface area contributed by atoms with Gasteiger partial charge in [0.15, 0.2) is 11.6 Å². The van der Waals surface area contributed by atoms with E-state index in [0.29, 0.717) is 5.56 Å². The summed E-state index contributed by atoms with van der Waals surface area (Å²) >= 11 is 1.34. The Morgan fingerprint density at radius 3 is 2.62 bits per heavy atom. The molecule has 0 fully saturated rings. The first-order valence-corrected chi connectivity index (χ1v) is 5.38. The van der Waals surface area contributed by atoms with E-state index in [9.17, 15) is 14.4 Å². The van der Waals surface area contributed by atoms with E-state index in [2.05, 4.69) is 0 Å². The highest BCUT2D eigenvalue weighted by Gasteiger charge is 2.26. The van der Waals surface area contributed by atoms with Crippen LogP contribution in [-0.4, -0.2) is 17.3 Å². The predicted molar refractivity (Wildman–Crippen MR) is 59.0 cm³/mol. The first-order valence-electron chi connectivity index (χ1n) is 4.44. The van der Waals surface area contributed by atoms with E-state index in [4.69, 9.17) is 5.73 Å². The van der Waals surface area contributed by atoms with E-state index in [1.165, 1.54) is 11.3 Å². The SMILES string of the molecule is NC1=CC(=O)C=C(C(=O)c2ccsc2)C1=O. The van der Waals surface area contributed by atoms with Crippen LogP contribution in [-0.2, 0) is 9.59 Å². The van der Waals surface area contributed by atoms with Crippen molar-refractivity contribution in [3.63, 3.8) is 0 Å². The van der Waals surface area contributed by atoms with Gasteiger partial charge >= 0.3 is 0 Å². The number of nitrogens with two attached hydrogens (primary N) is 1. The second-order valence-corrected chi connectivity index (χ2v) is 4.01. The minimum atomic E-state index is -0.587. The van der Waals surface area contributed by atoms with Gasteiger partial charge in [-0.2, -0.15) is 11.3 Å². The largest absolute Gasteiger partial charge is 0.395 e. The van der Waals surface area contributed by atoms with E-state index in [1.807, 2.05) is 0 Å². The topological polar surface area (TPSA) is 77.2 Å². The number of thiophene rings is 1. The normalized spacial score (nSPS) is 15.8. The predicted octanol–water partition coefficient (Wildman–Crippen LogP) is 0.852. The lowest BCUT2D eigenvalue weighted by Crippen LogP contribution is -2.24. The molecule has 0 radical (unpaired) electrons. The molecular weight excluding hydrogens is 226 g/mol. The molecule has 16 heavy (non-hydrogen) atoms. The smallest absolute Gasteiger partial charge is 0.212 e. The molecule has 1 aromatic rings. The first kappa shape index (κ1) is 10.5. The number of allylic oxidation sites excluding steroid dienone is 3. The molecule has 0 saturated heterocycles. The van der Waals surface area contributed by atoms with Crippen molar-refractivity contribution in [1.29, 1.82) is 0 Å². The van der Waals surface area contributed by atoms with E-state index < -0.39 is 17.3 Å². The Balaban J connectivity index is 2.39. The third kappa shape index (κ3) is 1.72. The molecule has 0 spiro atoms. The number of carbonyl (C=O) groups is 3. The Morgan fingerprint density at radius 1 is 1.25 bits per heavy atom. The van der Waals surface area contributed by atoms with Gasteiger partial charge in [0.25, 0.3) is 0 Å². The number of hydrogen-bond acceptors (Lipinski definition) is 5. The van der Waals surface area contributed by atoms with Crippen molar-refractivity contribution in [3.05, 3.63) is 45.8 Å². The molecule has 0 aromatic carbocycles. The summed E-state index contributed by atoms with van der Waals surface area (Å²) in [4.78, 5) is 34.6. The molecule has 0 atom stereocenters. The molecule has 1 aromatic heterocycles. The Kier molecular flexibility index (Phi) is 2.54. The second-order valence-electron chi connectivity index (χ2n) is 3.23. The number of rotatable bonds is 2. The first-order chi connectivity index (χ1) is 7.59. The van der Waals surface area contributed by atoms with E-state index in [-0.39, 0.29) is 11.3 Å². The maximum Gasteiger partial charge on any atom is 0.212 e. The quantitative estimate of drug-likeness (QED) is 0.466. The van der Waals surface area contributed by atoms with Gasteiger partial charge in [-0.25, -0.2) is 0 Å². The van der Waals surface area contributed by atoms with Crippen LogP contribution >= 0.6 is 11.3 Å². The fraction of sp³-hybridized carbons (Fsp3) is 0. The van der Waals surface area contributed by atoms with Gasteiger partial charge in [0.2, 0.25) is 5.78 Å². The fourth-order valence-corrected chi connectivity index (χ4v) is 1.98. The fourth-order valence-electron chi connectivity index (χ4n) is 1.34. The summed E-state index contributed by atoms with van der Waals surface area (Å²) in [7, 11) is 0. The lowest BCUT2D eigenvalue weighted by atomic mass is 9.95. The Morgan fingerprint density at radius 2 is 2.00 bits per heavy atom.